The summed E-state index contributed by atoms with van der Waals surface area (Å²) >= 11 is 0. The molecule has 1 N–H and O–H groups in total. The van der Waals surface area contributed by atoms with Crippen molar-refractivity contribution < 1.29 is 23.8 Å². The summed E-state index contributed by atoms with van der Waals surface area (Å²) < 4.78 is 19.9. The third kappa shape index (κ3) is 5.17. The summed E-state index contributed by atoms with van der Waals surface area (Å²) in [6, 6.07) is 8.99. The number of amides is 1. The molecular weight excluding hydrogens is 449 g/mol. The SMILES string of the molecule is O=C(O)C[C@H]1CN(C2c3ccccc3CCc3cc(F)cnc32)CCN1C(=O)OC1CCCCC1. The van der Waals surface area contributed by atoms with Gasteiger partial charge in [0.05, 0.1) is 30.4 Å². The normalized spacial score (nSPS) is 23.2. The molecule has 5 rings (SSSR count). The number of halogens is 1. The number of carboxylic acid groups (broad SMARTS) is 1. The Morgan fingerprint density at radius 1 is 1.09 bits per heavy atom. The van der Waals surface area contributed by atoms with Gasteiger partial charge in [0.15, 0.2) is 0 Å². The van der Waals surface area contributed by atoms with Crippen LogP contribution in [0.2, 0.25) is 0 Å². The Hall–Kier alpha value is -3.00. The third-order valence-electron chi connectivity index (χ3n) is 7.58. The van der Waals surface area contributed by atoms with Crippen molar-refractivity contribution in [2.75, 3.05) is 19.6 Å². The van der Waals surface area contributed by atoms with Gasteiger partial charge in [-0.2, -0.15) is 0 Å². The number of rotatable bonds is 4. The van der Waals surface area contributed by atoms with E-state index in [2.05, 4.69) is 22.0 Å². The second kappa shape index (κ2) is 10.3. The molecule has 0 spiro atoms. The van der Waals surface area contributed by atoms with Crippen molar-refractivity contribution in [1.29, 1.82) is 0 Å². The minimum atomic E-state index is -0.950. The standard InChI is InChI=1S/C27H32FN3O4/c28-20-14-19-11-10-18-6-4-5-9-23(18)26(25(19)29-16-20)30-12-13-31(21(17-30)15-24(32)33)27(34)35-22-7-2-1-3-8-22/h4-6,9,14,16,21-22,26H,1-3,7-8,10-13,15,17H2,(H,32,33)/t21-,26?/m0/s1. The number of fused-ring (bicyclic) bond motifs is 2. The van der Waals surface area contributed by atoms with E-state index in [9.17, 15) is 19.1 Å². The number of pyridine rings is 1. The molecule has 2 atom stereocenters. The molecule has 1 aromatic heterocycles. The highest BCUT2D eigenvalue weighted by Crippen LogP contribution is 2.37. The van der Waals surface area contributed by atoms with Crippen molar-refractivity contribution in [2.24, 2.45) is 0 Å². The molecule has 35 heavy (non-hydrogen) atoms. The maximum Gasteiger partial charge on any atom is 0.410 e. The van der Waals surface area contributed by atoms with Gasteiger partial charge in [-0.1, -0.05) is 30.7 Å². The summed E-state index contributed by atoms with van der Waals surface area (Å²) in [4.78, 5) is 33.1. The number of aliphatic carboxylic acids is 1. The number of benzene rings is 1. The van der Waals surface area contributed by atoms with Crippen LogP contribution in [0.25, 0.3) is 0 Å². The van der Waals surface area contributed by atoms with Gasteiger partial charge in [-0.25, -0.2) is 9.18 Å². The minimum Gasteiger partial charge on any atom is -0.481 e. The Morgan fingerprint density at radius 2 is 1.86 bits per heavy atom. The van der Waals surface area contributed by atoms with Crippen molar-refractivity contribution in [3.05, 3.63) is 64.7 Å². The van der Waals surface area contributed by atoms with Gasteiger partial charge in [0.1, 0.15) is 11.9 Å². The molecule has 8 heteroatoms. The topological polar surface area (TPSA) is 83.0 Å². The highest BCUT2D eigenvalue weighted by molar-refractivity contribution is 5.72. The molecule has 186 valence electrons. The molecule has 1 aliphatic heterocycles. The summed E-state index contributed by atoms with van der Waals surface area (Å²) in [6.07, 6.45) is 7.09. The second-order valence-corrected chi connectivity index (χ2v) is 9.88. The molecule has 2 fully saturated rings. The van der Waals surface area contributed by atoms with Gasteiger partial charge < -0.3 is 14.7 Å². The van der Waals surface area contributed by atoms with E-state index in [1.165, 1.54) is 11.8 Å². The number of carboxylic acids is 1. The van der Waals surface area contributed by atoms with Gasteiger partial charge in [0, 0.05) is 19.6 Å². The molecule has 2 aromatic rings. The fourth-order valence-electron chi connectivity index (χ4n) is 5.88. The summed E-state index contributed by atoms with van der Waals surface area (Å²) in [5.41, 5.74) is 3.98. The molecule has 1 saturated heterocycles. The molecule has 1 unspecified atom stereocenters. The van der Waals surface area contributed by atoms with Crippen LogP contribution in [-0.4, -0.2) is 63.7 Å². The number of carbonyl (C=O) groups excluding carboxylic acids is 1. The zero-order valence-electron chi connectivity index (χ0n) is 19.9. The van der Waals surface area contributed by atoms with Crippen LogP contribution in [0.15, 0.2) is 36.5 Å². The van der Waals surface area contributed by atoms with E-state index in [-0.39, 0.29) is 24.4 Å². The Kier molecular flexibility index (Phi) is 7.00. The molecule has 3 aliphatic rings. The van der Waals surface area contributed by atoms with E-state index in [4.69, 9.17) is 4.74 Å². The zero-order valence-corrected chi connectivity index (χ0v) is 19.9. The highest BCUT2D eigenvalue weighted by Gasteiger charge is 2.39. The molecular formula is C27H32FN3O4. The first-order chi connectivity index (χ1) is 17.0. The number of aryl methyl sites for hydroxylation is 2. The molecule has 2 aliphatic carbocycles. The number of ether oxygens (including phenoxy) is 1. The second-order valence-electron chi connectivity index (χ2n) is 9.88. The Morgan fingerprint density at radius 3 is 2.66 bits per heavy atom. The fraction of sp³-hybridized carbons (Fsp3) is 0.519. The Labute approximate surface area is 204 Å². The molecule has 7 nitrogen and oxygen atoms in total. The molecule has 1 amide bonds. The Balaban J connectivity index is 1.43. The van der Waals surface area contributed by atoms with Crippen molar-refractivity contribution in [3.63, 3.8) is 0 Å². The average Bonchev–Trinajstić information content (AvgIpc) is 3.01. The summed E-state index contributed by atoms with van der Waals surface area (Å²) in [7, 11) is 0. The third-order valence-corrected chi connectivity index (χ3v) is 7.58. The zero-order chi connectivity index (χ0) is 24.4. The number of aromatic nitrogens is 1. The lowest BCUT2D eigenvalue weighted by Crippen LogP contribution is -2.57. The van der Waals surface area contributed by atoms with Crippen LogP contribution in [0.5, 0.6) is 0 Å². The van der Waals surface area contributed by atoms with Gasteiger partial charge in [-0.3, -0.25) is 14.7 Å². The highest BCUT2D eigenvalue weighted by atomic mass is 19.1. The van der Waals surface area contributed by atoms with E-state index in [0.29, 0.717) is 26.1 Å². The van der Waals surface area contributed by atoms with Crippen LogP contribution in [0.1, 0.15) is 67.0 Å². The van der Waals surface area contributed by atoms with Gasteiger partial charge in [-0.15, -0.1) is 0 Å². The lowest BCUT2D eigenvalue weighted by molar-refractivity contribution is -0.139. The number of carbonyl (C=O) groups is 2. The molecule has 0 radical (unpaired) electrons. The fourth-order valence-corrected chi connectivity index (χ4v) is 5.88. The van der Waals surface area contributed by atoms with Crippen LogP contribution < -0.4 is 0 Å². The molecule has 1 aromatic carbocycles. The number of nitrogens with zero attached hydrogens (tertiary/aromatic N) is 3. The van der Waals surface area contributed by atoms with Gasteiger partial charge >= 0.3 is 12.1 Å². The molecule has 0 bridgehead atoms. The summed E-state index contributed by atoms with van der Waals surface area (Å²) in [6.45, 7) is 1.30. The monoisotopic (exact) mass is 481 g/mol. The van der Waals surface area contributed by atoms with Crippen LogP contribution in [0, 0.1) is 5.82 Å². The van der Waals surface area contributed by atoms with Crippen molar-refractivity contribution in [2.45, 2.75) is 69.6 Å². The van der Waals surface area contributed by atoms with E-state index in [1.54, 1.807) is 11.0 Å². The number of piperazine rings is 1. The summed E-state index contributed by atoms with van der Waals surface area (Å²) in [5, 5.41) is 9.62. The van der Waals surface area contributed by atoms with Crippen molar-refractivity contribution in [1.82, 2.24) is 14.8 Å². The quantitative estimate of drug-likeness (QED) is 0.700. The maximum absolute atomic E-state index is 14.1. The van der Waals surface area contributed by atoms with Crippen LogP contribution >= 0.6 is 0 Å². The largest absolute Gasteiger partial charge is 0.481 e. The first kappa shape index (κ1) is 23.7. The predicted molar refractivity (Wildman–Crippen MR) is 128 cm³/mol. The maximum atomic E-state index is 14.1. The average molecular weight is 482 g/mol. The first-order valence-electron chi connectivity index (χ1n) is 12.6. The number of hydrogen-bond donors (Lipinski definition) is 1. The van der Waals surface area contributed by atoms with Gasteiger partial charge in [-0.05, 0) is 61.3 Å². The van der Waals surface area contributed by atoms with Crippen LogP contribution in [0.4, 0.5) is 9.18 Å². The Bertz CT molecular complexity index is 1090. The van der Waals surface area contributed by atoms with E-state index < -0.39 is 18.1 Å². The van der Waals surface area contributed by atoms with Gasteiger partial charge in [0.2, 0.25) is 0 Å². The predicted octanol–water partition coefficient (Wildman–Crippen LogP) is 4.34. The number of hydrogen-bond acceptors (Lipinski definition) is 5. The van der Waals surface area contributed by atoms with Gasteiger partial charge in [0.25, 0.3) is 0 Å². The smallest absolute Gasteiger partial charge is 0.410 e. The summed E-state index contributed by atoms with van der Waals surface area (Å²) in [5.74, 6) is -1.30. The van der Waals surface area contributed by atoms with E-state index >= 15 is 0 Å². The lowest BCUT2D eigenvalue weighted by atomic mass is 9.95. The van der Waals surface area contributed by atoms with Crippen molar-refractivity contribution >= 4 is 12.1 Å². The minimum absolute atomic E-state index is 0.0838. The first-order valence-corrected chi connectivity index (χ1v) is 12.6. The van der Waals surface area contributed by atoms with E-state index in [0.717, 1.165) is 55.3 Å². The molecule has 1 saturated carbocycles. The van der Waals surface area contributed by atoms with Crippen molar-refractivity contribution in [3.8, 4) is 0 Å². The lowest BCUT2D eigenvalue weighted by Gasteiger charge is -2.44. The van der Waals surface area contributed by atoms with Crippen LogP contribution in [0.3, 0.4) is 0 Å². The molecule has 2 heterocycles. The van der Waals surface area contributed by atoms with Crippen LogP contribution in [-0.2, 0) is 22.4 Å². The van der Waals surface area contributed by atoms with E-state index in [1.807, 2.05) is 12.1 Å².